The molecule has 6 aromatic heterocycles. The first-order chi connectivity index (χ1) is 30.7. The second kappa shape index (κ2) is 14.3. The number of hydrogen-bond donors (Lipinski definition) is 0. The molecular formula is C54H44N8. The fraction of sp³-hybridized carbons (Fsp3) is 0.222. The van der Waals surface area contributed by atoms with Gasteiger partial charge in [-0.1, -0.05) is 48.5 Å². The van der Waals surface area contributed by atoms with E-state index in [1.807, 2.05) is 36.9 Å². The maximum atomic E-state index is 5.46. The molecule has 8 heteroatoms. The van der Waals surface area contributed by atoms with Gasteiger partial charge in [0.05, 0.1) is 45.6 Å². The van der Waals surface area contributed by atoms with Crippen molar-refractivity contribution >= 4 is 11.4 Å². The zero-order valence-electron chi connectivity index (χ0n) is 34.6. The number of nitrogens with zero attached hydrogens (tertiary/aromatic N) is 8. The third kappa shape index (κ3) is 5.65. The molecule has 0 radical (unpaired) electrons. The SMILES string of the molecule is c1cnc2c(c1)CCc1c-2nc(-c2ccc(N3CCN(c4ccc(-c5nc6c(c7c5CCc5cccnc5-7)CCc5cccnc5-6)cc4)CC3)cc2)c2c1-c1ncccc1CC2. The maximum absolute atomic E-state index is 5.46. The zero-order valence-corrected chi connectivity index (χ0v) is 34.6. The van der Waals surface area contributed by atoms with Crippen LogP contribution in [0.1, 0.15) is 44.5 Å². The van der Waals surface area contributed by atoms with E-state index >= 15 is 0 Å². The van der Waals surface area contributed by atoms with Crippen molar-refractivity contribution in [2.75, 3.05) is 36.0 Å². The monoisotopic (exact) mass is 804 g/mol. The fourth-order valence-electron chi connectivity index (χ4n) is 11.1. The van der Waals surface area contributed by atoms with E-state index in [-0.39, 0.29) is 0 Å². The number of anilines is 2. The van der Waals surface area contributed by atoms with Crippen molar-refractivity contribution < 1.29 is 0 Å². The van der Waals surface area contributed by atoms with Gasteiger partial charge in [0.15, 0.2) is 0 Å². The van der Waals surface area contributed by atoms with Gasteiger partial charge in [0.1, 0.15) is 0 Å². The van der Waals surface area contributed by atoms with Gasteiger partial charge < -0.3 is 9.80 Å². The molecule has 8 aromatic rings. The van der Waals surface area contributed by atoms with Gasteiger partial charge in [-0.15, -0.1) is 0 Å². The van der Waals surface area contributed by atoms with Crippen LogP contribution in [0.4, 0.5) is 11.4 Å². The van der Waals surface area contributed by atoms with Crippen LogP contribution in [-0.4, -0.2) is 56.1 Å². The van der Waals surface area contributed by atoms with Crippen LogP contribution in [0.15, 0.2) is 122 Å². The average Bonchev–Trinajstić information content (AvgIpc) is 3.35. The van der Waals surface area contributed by atoms with Crippen molar-refractivity contribution in [3.8, 4) is 67.8 Å². The van der Waals surface area contributed by atoms with Crippen molar-refractivity contribution in [3.05, 3.63) is 166 Å². The summed E-state index contributed by atoms with van der Waals surface area (Å²) >= 11 is 0. The molecule has 0 unspecified atom stereocenters. The smallest absolute Gasteiger partial charge is 0.0935 e. The Labute approximate surface area is 361 Å². The van der Waals surface area contributed by atoms with E-state index in [1.54, 1.807) is 0 Å². The molecule has 1 fully saturated rings. The lowest BCUT2D eigenvalue weighted by atomic mass is 9.79. The number of hydrogen-bond acceptors (Lipinski definition) is 8. The van der Waals surface area contributed by atoms with Gasteiger partial charge >= 0.3 is 0 Å². The summed E-state index contributed by atoms with van der Waals surface area (Å²) in [5.41, 5.74) is 26.4. The van der Waals surface area contributed by atoms with Gasteiger partial charge in [-0.2, -0.15) is 0 Å². The van der Waals surface area contributed by atoms with Gasteiger partial charge in [-0.3, -0.25) is 19.9 Å². The Morgan fingerprint density at radius 1 is 0.306 bits per heavy atom. The highest BCUT2D eigenvalue weighted by atomic mass is 15.3. The molecule has 0 amide bonds. The summed E-state index contributed by atoms with van der Waals surface area (Å²) in [7, 11) is 0. The number of pyridine rings is 6. The Morgan fingerprint density at radius 2 is 0.629 bits per heavy atom. The zero-order chi connectivity index (χ0) is 40.7. The van der Waals surface area contributed by atoms with Crippen LogP contribution in [0.5, 0.6) is 0 Å². The maximum Gasteiger partial charge on any atom is 0.0935 e. The molecule has 7 heterocycles. The van der Waals surface area contributed by atoms with E-state index in [1.165, 1.54) is 67.0 Å². The van der Waals surface area contributed by atoms with E-state index in [0.717, 1.165) is 134 Å². The summed E-state index contributed by atoms with van der Waals surface area (Å²) in [5.74, 6) is 0. The first kappa shape index (κ1) is 35.7. The number of fused-ring (bicyclic) bond motifs is 14. The molecule has 300 valence electrons. The molecule has 0 spiro atoms. The minimum Gasteiger partial charge on any atom is -0.368 e. The highest BCUT2D eigenvalue weighted by molar-refractivity contribution is 5.88. The highest BCUT2D eigenvalue weighted by Gasteiger charge is 2.33. The molecule has 62 heavy (non-hydrogen) atoms. The second-order valence-electron chi connectivity index (χ2n) is 17.4. The van der Waals surface area contributed by atoms with E-state index in [2.05, 4.69) is 94.7 Å². The Bertz CT molecular complexity index is 2880. The third-order valence-corrected chi connectivity index (χ3v) is 14.2. The molecule has 2 aromatic carbocycles. The normalized spacial score (nSPS) is 15.5. The van der Waals surface area contributed by atoms with Crippen LogP contribution in [0.25, 0.3) is 67.8 Å². The molecule has 5 aliphatic rings. The molecule has 13 rings (SSSR count). The number of rotatable bonds is 4. The van der Waals surface area contributed by atoms with Crippen molar-refractivity contribution in [1.82, 2.24) is 29.9 Å². The van der Waals surface area contributed by atoms with Crippen molar-refractivity contribution in [2.45, 2.75) is 51.4 Å². The number of benzene rings is 2. The van der Waals surface area contributed by atoms with E-state index in [0.29, 0.717) is 0 Å². The predicted octanol–water partition coefficient (Wildman–Crippen LogP) is 9.78. The standard InChI is InChI=1S/C54H44N8/c1-5-33-13-21-41-45(49(33)55-25-1)43-23-15-35-7-3-27-57-51(35)53(43)59-47(41)37-9-17-39(18-10-37)61-29-31-62(32-30-61)40-19-11-38(12-20-40)48-42-22-14-34-6-2-26-56-50(34)46(42)44-24-16-36-8-4-28-58-52(36)54(44)60-48/h1-12,17-20,25-28H,13-16,21-24,29-32H2. The molecule has 0 atom stereocenters. The van der Waals surface area contributed by atoms with Gasteiger partial charge in [-0.25, -0.2) is 9.97 Å². The highest BCUT2D eigenvalue weighted by Crippen LogP contribution is 2.47. The van der Waals surface area contributed by atoms with Crippen LogP contribution >= 0.6 is 0 Å². The third-order valence-electron chi connectivity index (χ3n) is 14.2. The van der Waals surface area contributed by atoms with Crippen molar-refractivity contribution in [1.29, 1.82) is 0 Å². The predicted molar refractivity (Wildman–Crippen MR) is 246 cm³/mol. The first-order valence-electron chi connectivity index (χ1n) is 22.3. The van der Waals surface area contributed by atoms with Gasteiger partial charge in [0.2, 0.25) is 0 Å². The second-order valence-corrected chi connectivity index (χ2v) is 17.4. The summed E-state index contributed by atoms with van der Waals surface area (Å²) in [4.78, 5) is 35.6. The molecule has 1 aliphatic heterocycles. The summed E-state index contributed by atoms with van der Waals surface area (Å²) < 4.78 is 0. The van der Waals surface area contributed by atoms with Crippen LogP contribution < -0.4 is 9.80 Å². The largest absolute Gasteiger partial charge is 0.368 e. The number of aryl methyl sites for hydroxylation is 4. The Kier molecular flexibility index (Phi) is 8.21. The molecule has 8 nitrogen and oxygen atoms in total. The quantitative estimate of drug-likeness (QED) is 0.174. The minimum atomic E-state index is 0.956. The molecule has 0 N–H and O–H groups in total. The van der Waals surface area contributed by atoms with Crippen LogP contribution in [0.3, 0.4) is 0 Å². The lowest BCUT2D eigenvalue weighted by Gasteiger charge is -2.37. The van der Waals surface area contributed by atoms with E-state index in [9.17, 15) is 0 Å². The fourth-order valence-corrected chi connectivity index (χ4v) is 11.1. The Morgan fingerprint density at radius 3 is 1.00 bits per heavy atom. The number of aromatic nitrogens is 6. The molecule has 1 saturated heterocycles. The minimum absolute atomic E-state index is 0.956. The van der Waals surface area contributed by atoms with Crippen LogP contribution in [0.2, 0.25) is 0 Å². The molecular weight excluding hydrogens is 761 g/mol. The number of piperazine rings is 1. The summed E-state index contributed by atoms with van der Waals surface area (Å²) in [6.07, 6.45) is 15.5. The van der Waals surface area contributed by atoms with Crippen molar-refractivity contribution in [3.63, 3.8) is 0 Å². The van der Waals surface area contributed by atoms with Gasteiger partial charge in [0, 0.05) is 84.6 Å². The Balaban J connectivity index is 0.770. The van der Waals surface area contributed by atoms with Gasteiger partial charge in [-0.05, 0) is 144 Å². The van der Waals surface area contributed by atoms with E-state index < -0.39 is 0 Å². The van der Waals surface area contributed by atoms with Crippen LogP contribution in [-0.2, 0) is 51.4 Å². The Hall–Kier alpha value is -7.06. The van der Waals surface area contributed by atoms with Gasteiger partial charge in [0.25, 0.3) is 0 Å². The topological polar surface area (TPSA) is 83.8 Å². The van der Waals surface area contributed by atoms with E-state index in [4.69, 9.17) is 29.9 Å². The summed E-state index contributed by atoms with van der Waals surface area (Å²) in [6, 6.07) is 35.4. The lowest BCUT2D eigenvalue weighted by Crippen LogP contribution is -2.46. The average molecular weight is 805 g/mol. The van der Waals surface area contributed by atoms with Crippen LogP contribution in [0, 0.1) is 0 Å². The molecule has 0 bridgehead atoms. The van der Waals surface area contributed by atoms with Crippen molar-refractivity contribution in [2.24, 2.45) is 0 Å². The summed E-state index contributed by atoms with van der Waals surface area (Å²) in [6.45, 7) is 3.82. The lowest BCUT2D eigenvalue weighted by molar-refractivity contribution is 0.653. The molecule has 0 saturated carbocycles. The molecule has 4 aliphatic carbocycles. The first-order valence-corrected chi connectivity index (χ1v) is 22.3. The summed E-state index contributed by atoms with van der Waals surface area (Å²) in [5, 5.41) is 0.